The van der Waals surface area contributed by atoms with E-state index in [1.807, 2.05) is 18.2 Å². The van der Waals surface area contributed by atoms with E-state index in [0.29, 0.717) is 0 Å². The molecule has 0 unspecified atom stereocenters. The van der Waals surface area contributed by atoms with Crippen LogP contribution in [0.5, 0.6) is 0 Å². The van der Waals surface area contributed by atoms with Gasteiger partial charge >= 0.3 is 0 Å². The van der Waals surface area contributed by atoms with Gasteiger partial charge in [-0.3, -0.25) is 4.40 Å². The molecule has 0 saturated heterocycles. The van der Waals surface area contributed by atoms with Crippen LogP contribution in [0.1, 0.15) is 4.88 Å². The number of hydrogen-bond donors (Lipinski definition) is 0. The molecule has 1 aromatic carbocycles. The van der Waals surface area contributed by atoms with Gasteiger partial charge in [-0.2, -0.15) is 0 Å². The lowest BCUT2D eigenvalue weighted by atomic mass is 10.2. The van der Waals surface area contributed by atoms with Gasteiger partial charge in [0, 0.05) is 16.6 Å². The van der Waals surface area contributed by atoms with Crippen molar-refractivity contribution in [1.29, 1.82) is 0 Å². The Kier molecular flexibility index (Phi) is 2.33. The number of hydrogen-bond acceptors (Lipinski definition) is 2. The Labute approximate surface area is 106 Å². The molecule has 0 fully saturated rings. The SMILES string of the molecule is Cc1cn2c(Br)c(-c3ccccc3)nc2s1. The fourth-order valence-electron chi connectivity index (χ4n) is 1.71. The van der Waals surface area contributed by atoms with E-state index in [2.05, 4.69) is 50.6 Å². The van der Waals surface area contributed by atoms with Crippen molar-refractivity contribution in [3.63, 3.8) is 0 Å². The summed E-state index contributed by atoms with van der Waals surface area (Å²) in [5, 5.41) is 0. The molecule has 0 aliphatic heterocycles. The number of imidazole rings is 1. The summed E-state index contributed by atoms with van der Waals surface area (Å²) < 4.78 is 3.11. The van der Waals surface area contributed by atoms with Crippen molar-refractivity contribution in [3.8, 4) is 11.3 Å². The third kappa shape index (κ3) is 1.49. The van der Waals surface area contributed by atoms with E-state index in [0.717, 1.165) is 20.8 Å². The lowest BCUT2D eigenvalue weighted by Gasteiger charge is -1.96. The third-order valence-corrected chi connectivity index (χ3v) is 4.09. The molecule has 0 aliphatic carbocycles. The molecular weight excluding hydrogens is 284 g/mol. The van der Waals surface area contributed by atoms with Gasteiger partial charge in [-0.25, -0.2) is 4.98 Å². The van der Waals surface area contributed by atoms with E-state index in [1.54, 1.807) is 11.3 Å². The minimum atomic E-state index is 1.01. The van der Waals surface area contributed by atoms with Crippen molar-refractivity contribution in [3.05, 3.63) is 46.0 Å². The molecule has 0 bridgehead atoms. The summed E-state index contributed by atoms with van der Waals surface area (Å²) in [5.74, 6) is 0. The zero-order valence-electron chi connectivity index (χ0n) is 8.64. The maximum absolute atomic E-state index is 4.64. The highest BCUT2D eigenvalue weighted by Gasteiger charge is 2.12. The third-order valence-electron chi connectivity index (χ3n) is 2.43. The minimum absolute atomic E-state index is 1.01. The van der Waals surface area contributed by atoms with Gasteiger partial charge < -0.3 is 0 Å². The second kappa shape index (κ2) is 3.71. The van der Waals surface area contributed by atoms with Gasteiger partial charge in [0.1, 0.15) is 10.3 Å². The molecule has 0 aliphatic rings. The van der Waals surface area contributed by atoms with Crippen molar-refractivity contribution < 1.29 is 0 Å². The van der Waals surface area contributed by atoms with Crippen LogP contribution in [-0.4, -0.2) is 9.38 Å². The van der Waals surface area contributed by atoms with Crippen LogP contribution >= 0.6 is 27.3 Å². The molecule has 16 heavy (non-hydrogen) atoms. The molecule has 3 aromatic rings. The Morgan fingerprint density at radius 3 is 2.69 bits per heavy atom. The number of fused-ring (bicyclic) bond motifs is 1. The summed E-state index contributed by atoms with van der Waals surface area (Å²) in [5.41, 5.74) is 2.15. The van der Waals surface area contributed by atoms with Crippen molar-refractivity contribution >= 4 is 32.2 Å². The van der Waals surface area contributed by atoms with Gasteiger partial charge in [0.05, 0.1) is 0 Å². The predicted octanol–water partition coefficient (Wildman–Crippen LogP) is 4.13. The Hall–Kier alpha value is -1.13. The molecule has 0 saturated carbocycles. The molecule has 2 nitrogen and oxygen atoms in total. The molecule has 2 heterocycles. The molecule has 4 heteroatoms. The van der Waals surface area contributed by atoms with Crippen molar-refractivity contribution in [2.45, 2.75) is 6.92 Å². The minimum Gasteiger partial charge on any atom is -0.284 e. The fourth-order valence-corrected chi connectivity index (χ4v) is 3.24. The smallest absolute Gasteiger partial charge is 0.195 e. The molecule has 0 N–H and O–H groups in total. The summed E-state index contributed by atoms with van der Waals surface area (Å²) >= 11 is 5.31. The molecule has 80 valence electrons. The van der Waals surface area contributed by atoms with Crippen molar-refractivity contribution in [1.82, 2.24) is 9.38 Å². The molecule has 2 aromatic heterocycles. The number of thiazole rings is 1. The van der Waals surface area contributed by atoms with Crippen LogP contribution in [0, 0.1) is 6.92 Å². The zero-order valence-corrected chi connectivity index (χ0v) is 11.0. The average Bonchev–Trinajstić information content (AvgIpc) is 2.79. The Morgan fingerprint density at radius 1 is 1.25 bits per heavy atom. The monoisotopic (exact) mass is 292 g/mol. The first-order chi connectivity index (χ1) is 7.75. The first-order valence-electron chi connectivity index (χ1n) is 4.95. The molecular formula is C12H9BrN2S. The first kappa shape index (κ1) is 10.1. The molecule has 0 amide bonds. The van der Waals surface area contributed by atoms with E-state index in [1.165, 1.54) is 4.88 Å². The molecule has 0 radical (unpaired) electrons. The maximum Gasteiger partial charge on any atom is 0.195 e. The summed E-state index contributed by atoms with van der Waals surface area (Å²) in [6.07, 6.45) is 2.10. The van der Waals surface area contributed by atoms with Crippen LogP contribution in [0.2, 0.25) is 0 Å². The summed E-state index contributed by atoms with van der Waals surface area (Å²) in [6, 6.07) is 10.2. The standard InChI is InChI=1S/C12H9BrN2S/c1-8-7-15-11(13)10(14-12(15)16-8)9-5-3-2-4-6-9/h2-7H,1H3. The zero-order chi connectivity index (χ0) is 11.1. The normalized spacial score (nSPS) is 11.1. The van der Waals surface area contributed by atoms with E-state index >= 15 is 0 Å². The van der Waals surface area contributed by atoms with Gasteiger partial charge in [0.2, 0.25) is 0 Å². The second-order valence-corrected chi connectivity index (χ2v) is 5.58. The van der Waals surface area contributed by atoms with E-state index in [-0.39, 0.29) is 0 Å². The fraction of sp³-hybridized carbons (Fsp3) is 0.0833. The molecule has 0 atom stereocenters. The van der Waals surface area contributed by atoms with Gasteiger partial charge in [-0.15, -0.1) is 11.3 Å². The number of aromatic nitrogens is 2. The van der Waals surface area contributed by atoms with Crippen molar-refractivity contribution in [2.75, 3.05) is 0 Å². The number of rotatable bonds is 1. The van der Waals surface area contributed by atoms with Crippen molar-refractivity contribution in [2.24, 2.45) is 0 Å². The topological polar surface area (TPSA) is 17.3 Å². The van der Waals surface area contributed by atoms with Gasteiger partial charge in [0.15, 0.2) is 4.96 Å². The number of halogens is 1. The van der Waals surface area contributed by atoms with Gasteiger partial charge in [-0.1, -0.05) is 30.3 Å². The highest BCUT2D eigenvalue weighted by Crippen LogP contribution is 2.31. The Bertz CT molecular complexity index is 640. The van der Waals surface area contributed by atoms with E-state index < -0.39 is 0 Å². The number of nitrogens with zero attached hydrogens (tertiary/aromatic N) is 2. The van der Waals surface area contributed by atoms with Gasteiger partial charge in [-0.05, 0) is 22.9 Å². The Balaban J connectivity index is 2.25. The first-order valence-corrected chi connectivity index (χ1v) is 6.56. The lowest BCUT2D eigenvalue weighted by molar-refractivity contribution is 1.18. The lowest BCUT2D eigenvalue weighted by Crippen LogP contribution is -1.79. The summed E-state index contributed by atoms with van der Waals surface area (Å²) in [7, 11) is 0. The largest absolute Gasteiger partial charge is 0.284 e. The summed E-state index contributed by atoms with van der Waals surface area (Å²) in [6.45, 7) is 2.09. The van der Waals surface area contributed by atoms with Crippen LogP contribution in [0.15, 0.2) is 41.1 Å². The highest BCUT2D eigenvalue weighted by molar-refractivity contribution is 9.10. The van der Waals surface area contributed by atoms with Crippen LogP contribution in [0.3, 0.4) is 0 Å². The predicted molar refractivity (Wildman–Crippen MR) is 70.9 cm³/mol. The molecule has 3 rings (SSSR count). The van der Waals surface area contributed by atoms with Crippen LogP contribution in [0.25, 0.3) is 16.2 Å². The highest BCUT2D eigenvalue weighted by atomic mass is 79.9. The number of aryl methyl sites for hydroxylation is 1. The number of benzene rings is 1. The van der Waals surface area contributed by atoms with Crippen LogP contribution < -0.4 is 0 Å². The second-order valence-electron chi connectivity index (χ2n) is 3.61. The Morgan fingerprint density at radius 2 is 2.00 bits per heavy atom. The molecule has 0 spiro atoms. The van der Waals surface area contributed by atoms with Crippen LogP contribution in [0.4, 0.5) is 0 Å². The summed E-state index contributed by atoms with van der Waals surface area (Å²) in [4.78, 5) is 6.94. The van der Waals surface area contributed by atoms with Gasteiger partial charge in [0.25, 0.3) is 0 Å². The van der Waals surface area contributed by atoms with Crippen LogP contribution in [-0.2, 0) is 0 Å². The quantitative estimate of drug-likeness (QED) is 0.659. The average molecular weight is 293 g/mol. The van der Waals surface area contributed by atoms with E-state index in [4.69, 9.17) is 0 Å². The maximum atomic E-state index is 4.64. The van der Waals surface area contributed by atoms with E-state index in [9.17, 15) is 0 Å².